The third-order valence-corrected chi connectivity index (χ3v) is 6.32. The number of benzene rings is 3. The van der Waals surface area contributed by atoms with Gasteiger partial charge < -0.3 is 15.4 Å². The largest absolute Gasteiger partial charge is 0.379 e. The fourth-order valence-corrected chi connectivity index (χ4v) is 4.38. The summed E-state index contributed by atoms with van der Waals surface area (Å²) >= 11 is 0. The Balaban J connectivity index is 1.22. The highest BCUT2D eigenvalue weighted by atomic mass is 19.1. The van der Waals surface area contributed by atoms with Gasteiger partial charge in [-0.2, -0.15) is 5.10 Å². The van der Waals surface area contributed by atoms with Crippen LogP contribution in [0.3, 0.4) is 0 Å². The number of nitrogens with zero attached hydrogens (tertiary/aromatic N) is 3. The standard InChI is InChI=1S/C29H30FN5O2/c30-26-11-9-24(10-12-26)28-25(21-35(33-28)27-7-2-1-3-8-27)19-32-29(36)31-18-22-5-4-6-23(17-22)20-34-13-15-37-16-14-34/h1-12,17,21H,13-16,18-20H2,(H2,31,32,36). The molecule has 0 atom stereocenters. The smallest absolute Gasteiger partial charge is 0.315 e. The van der Waals surface area contributed by atoms with Crippen LogP contribution in [0.2, 0.25) is 0 Å². The Kier molecular flexibility index (Phi) is 7.88. The molecule has 1 fully saturated rings. The number of halogens is 1. The van der Waals surface area contributed by atoms with E-state index < -0.39 is 0 Å². The van der Waals surface area contributed by atoms with Crippen molar-refractivity contribution in [3.05, 3.63) is 108 Å². The Labute approximate surface area is 215 Å². The summed E-state index contributed by atoms with van der Waals surface area (Å²) in [4.78, 5) is 15.0. The van der Waals surface area contributed by atoms with E-state index in [4.69, 9.17) is 9.84 Å². The number of amides is 2. The molecule has 1 saturated heterocycles. The minimum absolute atomic E-state index is 0.268. The summed E-state index contributed by atoms with van der Waals surface area (Å²) in [6.45, 7) is 5.00. The topological polar surface area (TPSA) is 71.4 Å². The monoisotopic (exact) mass is 499 g/mol. The summed E-state index contributed by atoms with van der Waals surface area (Å²) in [5.41, 5.74) is 5.48. The molecule has 5 rings (SSSR count). The van der Waals surface area contributed by atoms with Crippen LogP contribution >= 0.6 is 0 Å². The fourth-order valence-electron chi connectivity index (χ4n) is 4.38. The number of carbonyl (C=O) groups is 1. The Morgan fingerprint density at radius 2 is 1.62 bits per heavy atom. The molecular formula is C29H30FN5O2. The van der Waals surface area contributed by atoms with Gasteiger partial charge in [0.05, 0.1) is 24.6 Å². The number of hydrogen-bond acceptors (Lipinski definition) is 4. The highest BCUT2D eigenvalue weighted by Crippen LogP contribution is 2.24. The molecule has 8 heteroatoms. The lowest BCUT2D eigenvalue weighted by Gasteiger charge is -2.26. The van der Waals surface area contributed by atoms with Crippen LogP contribution in [0.4, 0.5) is 9.18 Å². The molecule has 4 aromatic rings. The first-order chi connectivity index (χ1) is 18.1. The maximum Gasteiger partial charge on any atom is 0.315 e. The molecule has 0 unspecified atom stereocenters. The van der Waals surface area contributed by atoms with Crippen LogP contribution in [-0.4, -0.2) is 47.0 Å². The molecule has 1 aromatic heterocycles. The SMILES string of the molecule is O=C(NCc1cccc(CN2CCOCC2)c1)NCc1cn(-c2ccccc2)nc1-c1ccc(F)cc1. The lowest BCUT2D eigenvalue weighted by Crippen LogP contribution is -2.36. The third-order valence-electron chi connectivity index (χ3n) is 6.32. The normalized spacial score (nSPS) is 13.9. The van der Waals surface area contributed by atoms with E-state index in [1.165, 1.54) is 17.7 Å². The van der Waals surface area contributed by atoms with E-state index in [1.54, 1.807) is 16.8 Å². The van der Waals surface area contributed by atoms with Crippen LogP contribution in [0.25, 0.3) is 16.9 Å². The molecule has 0 spiro atoms. The van der Waals surface area contributed by atoms with Crippen LogP contribution in [0, 0.1) is 5.82 Å². The number of rotatable bonds is 8. The van der Waals surface area contributed by atoms with Crippen LogP contribution in [0.1, 0.15) is 16.7 Å². The number of urea groups is 1. The van der Waals surface area contributed by atoms with Gasteiger partial charge >= 0.3 is 6.03 Å². The molecular weight excluding hydrogens is 469 g/mol. The first-order valence-corrected chi connectivity index (χ1v) is 12.4. The fraction of sp³-hybridized carbons (Fsp3) is 0.241. The predicted molar refractivity (Wildman–Crippen MR) is 141 cm³/mol. The van der Waals surface area contributed by atoms with Gasteiger partial charge in [0.25, 0.3) is 0 Å². The van der Waals surface area contributed by atoms with E-state index >= 15 is 0 Å². The summed E-state index contributed by atoms with van der Waals surface area (Å²) in [6, 6.07) is 24.0. The predicted octanol–water partition coefficient (Wildman–Crippen LogP) is 4.51. The van der Waals surface area contributed by atoms with Crippen molar-refractivity contribution in [1.82, 2.24) is 25.3 Å². The first kappa shape index (κ1) is 24.7. The number of para-hydroxylation sites is 1. The van der Waals surface area contributed by atoms with E-state index in [0.29, 0.717) is 12.2 Å². The van der Waals surface area contributed by atoms with Gasteiger partial charge in [-0.1, -0.05) is 42.5 Å². The van der Waals surface area contributed by atoms with Gasteiger partial charge in [0.2, 0.25) is 0 Å². The Bertz CT molecular complexity index is 1320. The van der Waals surface area contributed by atoms with Gasteiger partial charge in [0.1, 0.15) is 5.82 Å². The summed E-state index contributed by atoms with van der Waals surface area (Å²) in [6.07, 6.45) is 1.89. The van der Waals surface area contributed by atoms with Gasteiger partial charge in [0, 0.05) is 50.0 Å². The van der Waals surface area contributed by atoms with E-state index in [0.717, 1.165) is 55.2 Å². The quantitative estimate of drug-likeness (QED) is 0.374. The van der Waals surface area contributed by atoms with Crippen molar-refractivity contribution in [1.29, 1.82) is 0 Å². The number of hydrogen-bond donors (Lipinski definition) is 2. The zero-order valence-electron chi connectivity index (χ0n) is 20.6. The average molecular weight is 500 g/mol. The molecule has 0 bridgehead atoms. The number of aromatic nitrogens is 2. The van der Waals surface area contributed by atoms with E-state index in [-0.39, 0.29) is 18.4 Å². The second-order valence-electron chi connectivity index (χ2n) is 9.03. The van der Waals surface area contributed by atoms with E-state index in [1.807, 2.05) is 48.7 Å². The number of nitrogens with one attached hydrogen (secondary N) is 2. The summed E-state index contributed by atoms with van der Waals surface area (Å²) in [5, 5.41) is 10.6. The molecule has 2 N–H and O–H groups in total. The van der Waals surface area contributed by atoms with Gasteiger partial charge in [0.15, 0.2) is 0 Å². The lowest BCUT2D eigenvalue weighted by atomic mass is 10.1. The molecule has 2 amide bonds. The zero-order chi connectivity index (χ0) is 25.5. The highest BCUT2D eigenvalue weighted by molar-refractivity contribution is 5.74. The molecule has 1 aliphatic heterocycles. The van der Waals surface area contributed by atoms with Crippen LogP contribution < -0.4 is 10.6 Å². The second kappa shape index (κ2) is 11.8. The van der Waals surface area contributed by atoms with Crippen molar-refractivity contribution in [2.75, 3.05) is 26.3 Å². The van der Waals surface area contributed by atoms with Crippen molar-refractivity contribution in [3.8, 4) is 16.9 Å². The van der Waals surface area contributed by atoms with Gasteiger partial charge in [-0.25, -0.2) is 13.9 Å². The Hall–Kier alpha value is -4.01. The van der Waals surface area contributed by atoms with Crippen molar-refractivity contribution < 1.29 is 13.9 Å². The molecule has 190 valence electrons. The minimum atomic E-state index is -0.306. The second-order valence-corrected chi connectivity index (χ2v) is 9.03. The van der Waals surface area contributed by atoms with Crippen molar-refractivity contribution in [2.24, 2.45) is 0 Å². The maximum absolute atomic E-state index is 13.5. The van der Waals surface area contributed by atoms with Crippen molar-refractivity contribution >= 4 is 6.03 Å². The van der Waals surface area contributed by atoms with Gasteiger partial charge in [-0.15, -0.1) is 0 Å². The van der Waals surface area contributed by atoms with Crippen LogP contribution in [0.5, 0.6) is 0 Å². The van der Waals surface area contributed by atoms with Gasteiger partial charge in [-0.05, 0) is 47.5 Å². The summed E-state index contributed by atoms with van der Waals surface area (Å²) in [7, 11) is 0. The van der Waals surface area contributed by atoms with Crippen LogP contribution in [-0.2, 0) is 24.4 Å². The van der Waals surface area contributed by atoms with Crippen molar-refractivity contribution in [2.45, 2.75) is 19.6 Å². The number of carbonyl (C=O) groups excluding carboxylic acids is 1. The first-order valence-electron chi connectivity index (χ1n) is 12.4. The lowest BCUT2D eigenvalue weighted by molar-refractivity contribution is 0.0342. The van der Waals surface area contributed by atoms with Crippen LogP contribution in [0.15, 0.2) is 85.1 Å². The molecule has 2 heterocycles. The number of morpholine rings is 1. The third kappa shape index (κ3) is 6.61. The summed E-state index contributed by atoms with van der Waals surface area (Å²) in [5.74, 6) is -0.306. The minimum Gasteiger partial charge on any atom is -0.379 e. The molecule has 0 aliphatic carbocycles. The molecule has 0 radical (unpaired) electrons. The molecule has 0 saturated carbocycles. The highest BCUT2D eigenvalue weighted by Gasteiger charge is 2.14. The molecule has 7 nitrogen and oxygen atoms in total. The number of ether oxygens (including phenoxy) is 1. The maximum atomic E-state index is 13.5. The zero-order valence-corrected chi connectivity index (χ0v) is 20.6. The van der Waals surface area contributed by atoms with E-state index in [2.05, 4.69) is 27.7 Å². The average Bonchev–Trinajstić information content (AvgIpc) is 3.37. The molecule has 37 heavy (non-hydrogen) atoms. The Morgan fingerprint density at radius 1 is 0.892 bits per heavy atom. The Morgan fingerprint density at radius 3 is 2.41 bits per heavy atom. The summed E-state index contributed by atoms with van der Waals surface area (Å²) < 4.78 is 20.7. The molecule has 3 aromatic carbocycles. The van der Waals surface area contributed by atoms with Gasteiger partial charge in [-0.3, -0.25) is 4.90 Å². The molecule has 1 aliphatic rings. The van der Waals surface area contributed by atoms with E-state index in [9.17, 15) is 9.18 Å². The van der Waals surface area contributed by atoms with Crippen molar-refractivity contribution in [3.63, 3.8) is 0 Å².